The van der Waals surface area contributed by atoms with Gasteiger partial charge >= 0.3 is 23.6 Å². The lowest BCUT2D eigenvalue weighted by Crippen LogP contribution is -2.45. The molecule has 0 radical (unpaired) electrons. The fourth-order valence-electron chi connectivity index (χ4n) is 4.50. The van der Waals surface area contributed by atoms with E-state index in [1.54, 1.807) is 5.48 Å². The van der Waals surface area contributed by atoms with Crippen LogP contribution in [0.25, 0.3) is 0 Å². The quantitative estimate of drug-likeness (QED) is 0.286. The Balaban J connectivity index is 1.46. The Hall–Kier alpha value is -2.99. The molecule has 36 heavy (non-hydrogen) atoms. The molecule has 196 valence electrons. The van der Waals surface area contributed by atoms with Gasteiger partial charge in [0.1, 0.15) is 12.7 Å². The second-order valence-electron chi connectivity index (χ2n) is 9.84. The number of esters is 3. The van der Waals surface area contributed by atoms with Crippen molar-refractivity contribution in [1.82, 2.24) is 9.55 Å². The Morgan fingerprint density at radius 1 is 1.00 bits per heavy atom. The number of ether oxygens (including phenoxy) is 4. The van der Waals surface area contributed by atoms with E-state index in [1.807, 2.05) is 0 Å². The van der Waals surface area contributed by atoms with Crippen molar-refractivity contribution in [3.05, 3.63) is 22.7 Å². The number of carbonyl (C=O) groups is 3. The molecule has 12 heteroatoms. The first kappa shape index (κ1) is 23.4. The third kappa shape index (κ3) is 4.96. The SMILES string of the molecule is [2H][C@@]1(n2ccc(NO)nc2=O)O[C@H](COC(=O)C2CCC2)[C@@H](OC(=O)C2CCC2)[C@H]1OC(=O)C1CCC1. The molecule has 12 nitrogen and oxygen atoms in total. The van der Waals surface area contributed by atoms with Crippen LogP contribution in [-0.2, 0) is 33.3 Å². The smallest absolute Gasteiger partial charge is 0.351 e. The van der Waals surface area contributed by atoms with E-state index >= 15 is 0 Å². The lowest BCUT2D eigenvalue weighted by atomic mass is 9.85. The summed E-state index contributed by atoms with van der Waals surface area (Å²) in [5.74, 6) is -2.57. The summed E-state index contributed by atoms with van der Waals surface area (Å²) >= 11 is 0. The van der Waals surface area contributed by atoms with Crippen LogP contribution in [0.2, 0.25) is 0 Å². The first-order valence-corrected chi connectivity index (χ1v) is 12.6. The molecule has 3 saturated carbocycles. The third-order valence-corrected chi connectivity index (χ3v) is 7.54. The van der Waals surface area contributed by atoms with Gasteiger partial charge in [0.15, 0.2) is 24.2 Å². The van der Waals surface area contributed by atoms with Crippen LogP contribution in [0.3, 0.4) is 0 Å². The average molecular weight is 507 g/mol. The molecule has 2 heterocycles. The van der Waals surface area contributed by atoms with Gasteiger partial charge in [0.25, 0.3) is 0 Å². The van der Waals surface area contributed by atoms with Crippen molar-refractivity contribution in [1.29, 1.82) is 0 Å². The van der Waals surface area contributed by atoms with E-state index in [9.17, 15) is 19.2 Å². The number of hydrogen-bond acceptors (Lipinski definition) is 11. The van der Waals surface area contributed by atoms with Gasteiger partial charge in [0.2, 0.25) is 0 Å². The molecule has 1 aromatic heterocycles. The van der Waals surface area contributed by atoms with E-state index in [1.165, 1.54) is 6.07 Å². The van der Waals surface area contributed by atoms with Crippen molar-refractivity contribution in [3.63, 3.8) is 0 Å². The topological polar surface area (TPSA) is 155 Å². The molecular formula is C24H31N3O9. The van der Waals surface area contributed by atoms with Gasteiger partial charge in [-0.1, -0.05) is 19.3 Å². The maximum absolute atomic E-state index is 12.9. The number of nitrogens with one attached hydrogen (secondary N) is 1. The zero-order valence-corrected chi connectivity index (χ0v) is 19.8. The zero-order chi connectivity index (χ0) is 26.2. The average Bonchev–Trinajstić information content (AvgIpc) is 3.00. The van der Waals surface area contributed by atoms with Crippen LogP contribution in [0, 0.1) is 17.8 Å². The van der Waals surface area contributed by atoms with Crippen LogP contribution in [0.4, 0.5) is 5.82 Å². The molecule has 2 N–H and O–H groups in total. The maximum atomic E-state index is 12.9. The summed E-state index contributed by atoms with van der Waals surface area (Å²) in [6, 6.07) is 1.23. The summed E-state index contributed by atoms with van der Waals surface area (Å²) in [7, 11) is 0. The monoisotopic (exact) mass is 506 g/mol. The van der Waals surface area contributed by atoms with Crippen LogP contribution in [0.5, 0.6) is 0 Å². The van der Waals surface area contributed by atoms with Crippen molar-refractivity contribution < 1.29 is 39.9 Å². The Bertz CT molecular complexity index is 1100. The highest BCUT2D eigenvalue weighted by Gasteiger charge is 2.52. The first-order chi connectivity index (χ1) is 17.8. The van der Waals surface area contributed by atoms with Gasteiger partial charge in [-0.15, -0.1) is 0 Å². The predicted octanol–water partition coefficient (Wildman–Crippen LogP) is 1.71. The van der Waals surface area contributed by atoms with Crippen LogP contribution in [-0.4, -0.2) is 57.6 Å². The summed E-state index contributed by atoms with van der Waals surface area (Å²) < 4.78 is 32.8. The number of hydrogen-bond donors (Lipinski definition) is 2. The molecule has 0 bridgehead atoms. The summed E-state index contributed by atoms with van der Waals surface area (Å²) in [4.78, 5) is 54.6. The van der Waals surface area contributed by atoms with Crippen molar-refractivity contribution in [2.24, 2.45) is 17.8 Å². The van der Waals surface area contributed by atoms with Gasteiger partial charge in [0.05, 0.1) is 19.1 Å². The van der Waals surface area contributed by atoms with Gasteiger partial charge in [-0.05, 0) is 44.6 Å². The highest BCUT2D eigenvalue weighted by molar-refractivity contribution is 5.75. The molecule has 0 spiro atoms. The third-order valence-electron chi connectivity index (χ3n) is 7.54. The molecule has 1 aromatic rings. The standard InChI is InChI=1S/C24H31N3O9/c28-21(13-4-1-5-13)33-12-16-18(35-22(29)14-6-2-7-14)19(36-23(30)15-8-3-9-15)20(34-16)27-11-10-17(26-32)25-24(27)31/h10-11,13-16,18-20,32H,1-9,12H2,(H,25,26,31)/t16-,18-,19-,20-/m1/s1/i20D. The maximum Gasteiger partial charge on any atom is 0.351 e. The molecule has 0 unspecified atom stereocenters. The van der Waals surface area contributed by atoms with Crippen molar-refractivity contribution in [2.75, 3.05) is 12.1 Å². The van der Waals surface area contributed by atoms with E-state index in [2.05, 4.69) is 4.98 Å². The Morgan fingerprint density at radius 3 is 2.06 bits per heavy atom. The second-order valence-corrected chi connectivity index (χ2v) is 9.84. The van der Waals surface area contributed by atoms with E-state index < -0.39 is 48.1 Å². The van der Waals surface area contributed by atoms with Gasteiger partial charge in [-0.25, -0.2) is 4.79 Å². The minimum Gasteiger partial charge on any atom is -0.463 e. The molecule has 4 fully saturated rings. The van der Waals surface area contributed by atoms with E-state index in [-0.39, 0.29) is 30.2 Å². The number of aromatic nitrogens is 2. The number of carbonyl (C=O) groups excluding carboxylic acids is 3. The van der Waals surface area contributed by atoms with Crippen molar-refractivity contribution in [2.45, 2.75) is 82.3 Å². The molecule has 0 aromatic carbocycles. The Morgan fingerprint density at radius 2 is 1.56 bits per heavy atom. The van der Waals surface area contributed by atoms with E-state index in [0.717, 1.165) is 42.9 Å². The Labute approximate surface area is 208 Å². The number of anilines is 1. The Kier molecular flexibility index (Phi) is 6.86. The minimum absolute atomic E-state index is 0.162. The highest BCUT2D eigenvalue weighted by atomic mass is 16.7. The summed E-state index contributed by atoms with van der Waals surface area (Å²) in [6.45, 7) is -0.353. The van der Waals surface area contributed by atoms with E-state index in [4.69, 9.17) is 25.5 Å². The van der Waals surface area contributed by atoms with Crippen molar-refractivity contribution >= 4 is 23.7 Å². The largest absolute Gasteiger partial charge is 0.463 e. The van der Waals surface area contributed by atoms with Gasteiger partial charge in [-0.3, -0.25) is 29.6 Å². The molecule has 0 amide bonds. The summed E-state index contributed by atoms with van der Waals surface area (Å²) in [5, 5.41) is 9.09. The molecule has 1 aliphatic heterocycles. The molecule has 4 aliphatic rings. The van der Waals surface area contributed by atoms with Crippen LogP contribution in [0.1, 0.15) is 65.4 Å². The van der Waals surface area contributed by atoms with Gasteiger partial charge in [0, 0.05) is 6.20 Å². The fourth-order valence-corrected chi connectivity index (χ4v) is 4.50. The van der Waals surface area contributed by atoms with E-state index in [0.29, 0.717) is 25.7 Å². The fraction of sp³-hybridized carbons (Fsp3) is 0.708. The van der Waals surface area contributed by atoms with Crippen LogP contribution in [0.15, 0.2) is 17.1 Å². The first-order valence-electron chi connectivity index (χ1n) is 13.1. The molecule has 5 rings (SSSR count). The molecule has 1 saturated heterocycles. The second kappa shape index (κ2) is 10.6. The number of rotatable bonds is 9. The lowest BCUT2D eigenvalue weighted by molar-refractivity contribution is -0.177. The van der Waals surface area contributed by atoms with Crippen LogP contribution < -0.4 is 11.2 Å². The van der Waals surface area contributed by atoms with Crippen LogP contribution >= 0.6 is 0 Å². The number of nitrogens with zero attached hydrogens (tertiary/aromatic N) is 2. The van der Waals surface area contributed by atoms with Gasteiger partial charge < -0.3 is 18.9 Å². The molecule has 3 aliphatic carbocycles. The zero-order valence-electron chi connectivity index (χ0n) is 20.8. The highest BCUT2D eigenvalue weighted by Crippen LogP contribution is 2.38. The minimum atomic E-state index is -2.38. The molecular weight excluding hydrogens is 474 g/mol. The normalized spacial score (nSPS) is 30.8. The predicted molar refractivity (Wildman–Crippen MR) is 121 cm³/mol. The van der Waals surface area contributed by atoms with Gasteiger partial charge in [-0.2, -0.15) is 4.98 Å². The summed E-state index contributed by atoms with van der Waals surface area (Å²) in [5.41, 5.74) is 0.779. The molecule has 4 atom stereocenters. The summed E-state index contributed by atoms with van der Waals surface area (Å²) in [6.07, 6.45) is 1.47. The lowest BCUT2D eigenvalue weighted by Gasteiger charge is -2.31. The van der Waals surface area contributed by atoms with Crippen molar-refractivity contribution in [3.8, 4) is 0 Å².